The first-order chi connectivity index (χ1) is 21.8. The second kappa shape index (κ2) is 14.9. The number of ketones is 1. The van der Waals surface area contributed by atoms with Crippen molar-refractivity contribution in [1.29, 1.82) is 0 Å². The highest BCUT2D eigenvalue weighted by Gasteiger charge is 2.32. The first-order valence-electron chi connectivity index (χ1n) is 15.0. The van der Waals surface area contributed by atoms with Gasteiger partial charge >= 0.3 is 5.97 Å². The van der Waals surface area contributed by atoms with Gasteiger partial charge in [-0.15, -0.1) is 0 Å². The lowest BCUT2D eigenvalue weighted by Gasteiger charge is -2.24. The van der Waals surface area contributed by atoms with Gasteiger partial charge < -0.3 is 14.8 Å². The number of amides is 1. The largest absolute Gasteiger partial charge is 0.479 e. The summed E-state index contributed by atoms with van der Waals surface area (Å²) >= 11 is 0. The number of hydrogen-bond donors (Lipinski definition) is 1. The molecule has 13 heteroatoms. The molecule has 2 aromatic carbocycles. The van der Waals surface area contributed by atoms with Crippen LogP contribution in [0.5, 0.6) is 5.75 Å². The minimum Gasteiger partial charge on any atom is -0.479 e. The average Bonchev–Trinajstić information content (AvgIpc) is 2.96. The van der Waals surface area contributed by atoms with E-state index in [-0.39, 0.29) is 30.0 Å². The van der Waals surface area contributed by atoms with Gasteiger partial charge in [0.05, 0.1) is 18.9 Å². The number of nitrogens with zero attached hydrogens (tertiary/aromatic N) is 2. The lowest BCUT2D eigenvalue weighted by molar-refractivity contribution is -0.156. The van der Waals surface area contributed by atoms with Crippen LogP contribution in [0, 0.1) is 23.3 Å². The minimum absolute atomic E-state index is 0.0220. The number of carbonyl (C=O) groups excluding carboxylic acids is 3. The molecule has 1 heterocycles. The van der Waals surface area contributed by atoms with Crippen LogP contribution in [0.25, 0.3) is 0 Å². The van der Waals surface area contributed by atoms with Crippen LogP contribution in [-0.4, -0.2) is 45.7 Å². The summed E-state index contributed by atoms with van der Waals surface area (Å²) in [7, 11) is 0. The SMILES string of the molecule is CCC(C(=O)N[C@@H](CC(=O)OC(C)(C)C)C(=O)COc1c(F)c(F)cc(F)c1F)c1ccnn(Cc2cccc(C(C)(C)C)c2)c1=O. The Morgan fingerprint density at radius 1 is 0.957 bits per heavy atom. The minimum atomic E-state index is -1.87. The highest BCUT2D eigenvalue weighted by Crippen LogP contribution is 2.27. The molecule has 1 aromatic heterocycles. The molecule has 47 heavy (non-hydrogen) atoms. The summed E-state index contributed by atoms with van der Waals surface area (Å²) in [4.78, 5) is 52.9. The van der Waals surface area contributed by atoms with Gasteiger partial charge in [-0.3, -0.25) is 19.2 Å². The number of nitrogens with one attached hydrogen (secondary N) is 1. The Kier molecular flexibility index (Phi) is 11.7. The Morgan fingerprint density at radius 2 is 1.60 bits per heavy atom. The van der Waals surface area contributed by atoms with Crippen LogP contribution in [0.3, 0.4) is 0 Å². The fourth-order valence-electron chi connectivity index (χ4n) is 4.69. The third-order valence-electron chi connectivity index (χ3n) is 7.09. The highest BCUT2D eigenvalue weighted by atomic mass is 19.2. The molecule has 3 rings (SSSR count). The van der Waals surface area contributed by atoms with Crippen molar-refractivity contribution in [1.82, 2.24) is 15.1 Å². The molecule has 0 radical (unpaired) electrons. The van der Waals surface area contributed by atoms with Crippen molar-refractivity contribution in [3.05, 3.63) is 92.9 Å². The van der Waals surface area contributed by atoms with Gasteiger partial charge in [0.25, 0.3) is 5.56 Å². The summed E-state index contributed by atoms with van der Waals surface area (Å²) in [5.41, 5.74) is 0.310. The Hall–Kier alpha value is -4.55. The van der Waals surface area contributed by atoms with Crippen LogP contribution >= 0.6 is 0 Å². The zero-order valence-electron chi connectivity index (χ0n) is 27.4. The molecule has 9 nitrogen and oxygen atoms in total. The van der Waals surface area contributed by atoms with Crippen LogP contribution < -0.4 is 15.6 Å². The van der Waals surface area contributed by atoms with E-state index in [2.05, 4.69) is 31.2 Å². The molecule has 0 spiro atoms. The van der Waals surface area contributed by atoms with Crippen LogP contribution in [0.15, 0.2) is 47.4 Å². The van der Waals surface area contributed by atoms with Crippen LogP contribution in [0.4, 0.5) is 17.6 Å². The summed E-state index contributed by atoms with van der Waals surface area (Å²) < 4.78 is 66.8. The number of Topliss-reactive ketones (excluding diaryl/α,β-unsaturated/α-hetero) is 1. The van der Waals surface area contributed by atoms with E-state index in [1.165, 1.54) is 16.9 Å². The maximum atomic E-state index is 14.1. The fourth-order valence-corrected chi connectivity index (χ4v) is 4.69. The number of ether oxygens (including phenoxy) is 2. The van der Waals surface area contributed by atoms with E-state index in [1.54, 1.807) is 27.7 Å². The van der Waals surface area contributed by atoms with Crippen molar-refractivity contribution in [3.8, 4) is 5.75 Å². The zero-order valence-corrected chi connectivity index (χ0v) is 27.4. The summed E-state index contributed by atoms with van der Waals surface area (Å²) in [5, 5.41) is 6.59. The number of carbonyl (C=O) groups is 3. The van der Waals surface area contributed by atoms with Gasteiger partial charge in [-0.1, -0.05) is 52.0 Å². The molecule has 0 bridgehead atoms. The molecule has 1 unspecified atom stereocenters. The van der Waals surface area contributed by atoms with Crippen LogP contribution in [-0.2, 0) is 31.1 Å². The number of benzene rings is 2. The molecule has 0 aliphatic rings. The van der Waals surface area contributed by atoms with Crippen LogP contribution in [0.1, 0.15) is 83.9 Å². The smallest absolute Gasteiger partial charge is 0.308 e. The van der Waals surface area contributed by atoms with Gasteiger partial charge in [0.2, 0.25) is 17.5 Å². The van der Waals surface area contributed by atoms with Gasteiger partial charge in [0.1, 0.15) is 18.2 Å². The molecule has 0 aliphatic carbocycles. The first kappa shape index (κ1) is 36.9. The summed E-state index contributed by atoms with van der Waals surface area (Å²) in [5.74, 6) is -12.6. The van der Waals surface area contributed by atoms with Gasteiger partial charge in [-0.2, -0.15) is 13.9 Å². The third-order valence-corrected chi connectivity index (χ3v) is 7.09. The average molecular weight is 662 g/mol. The van der Waals surface area contributed by atoms with Gasteiger partial charge in [0, 0.05) is 17.8 Å². The lowest BCUT2D eigenvalue weighted by atomic mass is 9.86. The second-order valence-corrected chi connectivity index (χ2v) is 13.1. The van der Waals surface area contributed by atoms with E-state index < -0.39 is 82.8 Å². The molecule has 2 atom stereocenters. The molecule has 0 saturated heterocycles. The molecule has 254 valence electrons. The normalized spacial score (nSPS) is 13.1. The Labute approximate surface area is 270 Å². The summed E-state index contributed by atoms with van der Waals surface area (Å²) in [6.07, 6.45) is 0.765. The standard InChI is InChI=1S/C34H39F4N3O6/c1-8-21(22-12-13-39-41(32(22)45)17-19-10-9-11-20(14-19)33(2,3)4)31(44)40-25(16-27(43)47-34(5,6)7)26(42)18-46-30-28(37)23(35)15-24(36)29(30)38/h9-15,21,25H,8,16-18H2,1-7H3,(H,40,44)/t21?,25-/m0/s1. The Balaban J connectivity index is 1.88. The molecular formula is C34H39F4N3O6. The number of hydrogen-bond acceptors (Lipinski definition) is 7. The summed E-state index contributed by atoms with van der Waals surface area (Å²) in [6.45, 7) is 11.5. The van der Waals surface area contributed by atoms with E-state index >= 15 is 0 Å². The number of halogens is 4. The monoisotopic (exact) mass is 661 g/mol. The maximum Gasteiger partial charge on any atom is 0.308 e. The van der Waals surface area contributed by atoms with Crippen molar-refractivity contribution in [2.75, 3.05) is 6.61 Å². The maximum absolute atomic E-state index is 14.1. The van der Waals surface area contributed by atoms with E-state index in [1.807, 2.05) is 24.3 Å². The van der Waals surface area contributed by atoms with Crippen molar-refractivity contribution in [3.63, 3.8) is 0 Å². The molecule has 3 aromatic rings. The van der Waals surface area contributed by atoms with Crippen molar-refractivity contribution in [2.45, 2.75) is 90.8 Å². The van der Waals surface area contributed by atoms with Crippen molar-refractivity contribution >= 4 is 17.7 Å². The molecule has 1 amide bonds. The van der Waals surface area contributed by atoms with Crippen molar-refractivity contribution in [2.24, 2.45) is 0 Å². The quantitative estimate of drug-likeness (QED) is 0.155. The first-order valence-corrected chi connectivity index (χ1v) is 15.0. The summed E-state index contributed by atoms with van der Waals surface area (Å²) in [6, 6.07) is 7.39. The molecule has 0 saturated carbocycles. The lowest BCUT2D eigenvalue weighted by Crippen LogP contribution is -2.47. The second-order valence-electron chi connectivity index (χ2n) is 13.1. The highest BCUT2D eigenvalue weighted by molar-refractivity contribution is 5.94. The number of rotatable bonds is 12. The predicted molar refractivity (Wildman–Crippen MR) is 165 cm³/mol. The van der Waals surface area contributed by atoms with E-state index in [0.29, 0.717) is 0 Å². The third kappa shape index (κ3) is 9.72. The van der Waals surface area contributed by atoms with E-state index in [4.69, 9.17) is 9.47 Å². The van der Waals surface area contributed by atoms with E-state index in [0.717, 1.165) is 11.1 Å². The topological polar surface area (TPSA) is 117 Å². The fraction of sp³-hybridized carbons (Fsp3) is 0.441. The molecule has 0 aliphatic heterocycles. The van der Waals surface area contributed by atoms with Gasteiger partial charge in [0.15, 0.2) is 23.2 Å². The molecule has 0 fully saturated rings. The molecular weight excluding hydrogens is 622 g/mol. The predicted octanol–water partition coefficient (Wildman–Crippen LogP) is 5.50. The van der Waals surface area contributed by atoms with Gasteiger partial charge in [-0.05, 0) is 49.8 Å². The van der Waals surface area contributed by atoms with Crippen LogP contribution in [0.2, 0.25) is 0 Å². The molecule has 1 N–H and O–H groups in total. The van der Waals surface area contributed by atoms with E-state index in [9.17, 15) is 36.7 Å². The zero-order chi connectivity index (χ0) is 35.3. The number of esters is 1. The van der Waals surface area contributed by atoms with Crippen molar-refractivity contribution < 1.29 is 41.4 Å². The Bertz CT molecular complexity index is 1670. The Morgan fingerprint density at radius 3 is 2.17 bits per heavy atom. The number of aromatic nitrogens is 2. The van der Waals surface area contributed by atoms with Gasteiger partial charge in [-0.25, -0.2) is 13.5 Å².